The third-order valence-corrected chi connectivity index (χ3v) is 3.93. The summed E-state index contributed by atoms with van der Waals surface area (Å²) in [6.45, 7) is 2.03. The van der Waals surface area contributed by atoms with Crippen molar-refractivity contribution >= 4 is 39.3 Å². The van der Waals surface area contributed by atoms with Crippen LogP contribution in [0.25, 0.3) is 16.9 Å². The Hall–Kier alpha value is -1.73. The molecule has 3 rings (SSSR count). The van der Waals surface area contributed by atoms with Gasteiger partial charge in [-0.3, -0.25) is 4.57 Å². The number of fused-ring (bicyclic) bond motifs is 1. The molecule has 0 unspecified atom stereocenters. The molecule has 0 radical (unpaired) electrons. The van der Waals surface area contributed by atoms with E-state index in [-0.39, 0.29) is 0 Å². The van der Waals surface area contributed by atoms with Gasteiger partial charge in [0, 0.05) is 4.47 Å². The Morgan fingerprint density at radius 2 is 2.15 bits per heavy atom. The lowest BCUT2D eigenvalue weighted by atomic mass is 10.2. The number of aryl methyl sites for hydroxylation is 1. The highest BCUT2D eigenvalue weighted by molar-refractivity contribution is 9.10. The van der Waals surface area contributed by atoms with E-state index in [2.05, 4.69) is 30.9 Å². The molecule has 0 fully saturated rings. The summed E-state index contributed by atoms with van der Waals surface area (Å²) < 4.78 is 8.59. The standard InChI is InChI=1S/C13H11BrN4OS/c1-7-3-4-8(14)9(5-7)18-11-10(17-13(18)20)12(19-2)16-6-15-11/h3-6H,1-2H3,(H,17,20). The highest BCUT2D eigenvalue weighted by atomic mass is 79.9. The molecule has 0 amide bonds. The van der Waals surface area contributed by atoms with Crippen molar-refractivity contribution in [1.82, 2.24) is 19.5 Å². The maximum Gasteiger partial charge on any atom is 0.242 e. The van der Waals surface area contributed by atoms with Crippen molar-refractivity contribution in [3.05, 3.63) is 39.3 Å². The summed E-state index contributed by atoms with van der Waals surface area (Å²) in [5, 5.41) is 0. The predicted octanol–water partition coefficient (Wildman–Crippen LogP) is 3.56. The minimum Gasteiger partial charge on any atom is -0.479 e. The van der Waals surface area contributed by atoms with E-state index in [1.165, 1.54) is 6.33 Å². The summed E-state index contributed by atoms with van der Waals surface area (Å²) in [6.07, 6.45) is 1.46. The number of methoxy groups -OCH3 is 1. The molecule has 0 aliphatic heterocycles. The minimum atomic E-state index is 0.476. The van der Waals surface area contributed by atoms with Crippen LogP contribution in [-0.4, -0.2) is 26.6 Å². The highest BCUT2D eigenvalue weighted by Gasteiger charge is 2.14. The number of benzene rings is 1. The zero-order valence-electron chi connectivity index (χ0n) is 10.8. The monoisotopic (exact) mass is 350 g/mol. The SMILES string of the molecule is COc1ncnc2c1[nH]c(=S)n2-c1cc(C)ccc1Br. The average Bonchev–Trinajstić information content (AvgIpc) is 2.77. The van der Waals surface area contributed by atoms with Crippen LogP contribution in [0.5, 0.6) is 5.88 Å². The van der Waals surface area contributed by atoms with E-state index in [1.807, 2.05) is 29.7 Å². The van der Waals surface area contributed by atoms with Crippen molar-refractivity contribution in [3.8, 4) is 11.6 Å². The number of aromatic nitrogens is 4. The molecule has 0 spiro atoms. The topological polar surface area (TPSA) is 55.7 Å². The van der Waals surface area contributed by atoms with Crippen LogP contribution in [0.15, 0.2) is 29.0 Å². The van der Waals surface area contributed by atoms with Gasteiger partial charge in [0.2, 0.25) is 5.88 Å². The molecule has 0 bridgehead atoms. The fourth-order valence-electron chi connectivity index (χ4n) is 2.07. The van der Waals surface area contributed by atoms with Crippen LogP contribution >= 0.6 is 28.1 Å². The third-order valence-electron chi connectivity index (χ3n) is 2.98. The van der Waals surface area contributed by atoms with Crippen LogP contribution in [0.1, 0.15) is 5.56 Å². The Labute approximate surface area is 128 Å². The summed E-state index contributed by atoms with van der Waals surface area (Å²) in [4.78, 5) is 11.5. The Balaban J connectivity index is 2.40. The molecule has 2 heterocycles. The minimum absolute atomic E-state index is 0.476. The number of hydrogen-bond donors (Lipinski definition) is 1. The second kappa shape index (κ2) is 4.99. The number of aromatic amines is 1. The Kier molecular flexibility index (Phi) is 3.31. The quantitative estimate of drug-likeness (QED) is 0.718. The molecule has 102 valence electrons. The zero-order chi connectivity index (χ0) is 14.3. The number of halogens is 1. The maximum absolute atomic E-state index is 5.41. The van der Waals surface area contributed by atoms with Gasteiger partial charge in [0.05, 0.1) is 12.8 Å². The first kappa shape index (κ1) is 13.3. The van der Waals surface area contributed by atoms with E-state index in [4.69, 9.17) is 17.0 Å². The third kappa shape index (κ3) is 2.03. The van der Waals surface area contributed by atoms with Crippen LogP contribution in [0.3, 0.4) is 0 Å². The number of nitrogens with zero attached hydrogens (tertiary/aromatic N) is 3. The Bertz CT molecular complexity index is 855. The van der Waals surface area contributed by atoms with Gasteiger partial charge >= 0.3 is 0 Å². The fraction of sp³-hybridized carbons (Fsp3) is 0.154. The van der Waals surface area contributed by atoms with Crippen molar-refractivity contribution in [2.45, 2.75) is 6.92 Å². The lowest BCUT2D eigenvalue weighted by molar-refractivity contribution is 0.401. The molecule has 0 aliphatic rings. The van der Waals surface area contributed by atoms with Gasteiger partial charge in [-0.15, -0.1) is 0 Å². The number of nitrogens with one attached hydrogen (secondary N) is 1. The van der Waals surface area contributed by atoms with Gasteiger partial charge in [-0.2, -0.15) is 4.98 Å². The van der Waals surface area contributed by atoms with Gasteiger partial charge in [-0.25, -0.2) is 4.98 Å². The lowest BCUT2D eigenvalue weighted by Crippen LogP contribution is -1.98. The van der Waals surface area contributed by atoms with Gasteiger partial charge in [-0.1, -0.05) is 6.07 Å². The highest BCUT2D eigenvalue weighted by Crippen LogP contribution is 2.28. The summed E-state index contributed by atoms with van der Waals surface area (Å²) >= 11 is 8.96. The number of H-pyrrole nitrogens is 1. The van der Waals surface area contributed by atoms with Crippen LogP contribution < -0.4 is 4.74 Å². The van der Waals surface area contributed by atoms with Crippen molar-refractivity contribution in [3.63, 3.8) is 0 Å². The van der Waals surface area contributed by atoms with E-state index in [0.29, 0.717) is 21.8 Å². The van der Waals surface area contributed by atoms with E-state index in [9.17, 15) is 0 Å². The first-order valence-corrected chi connectivity index (χ1v) is 7.08. The van der Waals surface area contributed by atoms with Gasteiger partial charge in [0.25, 0.3) is 0 Å². The van der Waals surface area contributed by atoms with Crippen molar-refractivity contribution < 1.29 is 4.74 Å². The number of imidazole rings is 1. The van der Waals surface area contributed by atoms with E-state index in [1.54, 1.807) is 7.11 Å². The van der Waals surface area contributed by atoms with E-state index in [0.717, 1.165) is 15.7 Å². The zero-order valence-corrected chi connectivity index (χ0v) is 13.2. The van der Waals surface area contributed by atoms with Crippen molar-refractivity contribution in [1.29, 1.82) is 0 Å². The van der Waals surface area contributed by atoms with Crippen LogP contribution in [0.4, 0.5) is 0 Å². The molecule has 0 atom stereocenters. The largest absolute Gasteiger partial charge is 0.479 e. The smallest absolute Gasteiger partial charge is 0.242 e. The summed E-state index contributed by atoms with van der Waals surface area (Å²) in [7, 11) is 1.57. The molecule has 7 heteroatoms. The molecule has 3 aromatic rings. The van der Waals surface area contributed by atoms with Crippen molar-refractivity contribution in [2.24, 2.45) is 0 Å². The second-order valence-corrected chi connectivity index (χ2v) is 5.54. The molecule has 5 nitrogen and oxygen atoms in total. The molecule has 0 saturated carbocycles. The first-order valence-electron chi connectivity index (χ1n) is 5.88. The van der Waals surface area contributed by atoms with Crippen LogP contribution in [0, 0.1) is 11.7 Å². The Morgan fingerprint density at radius 1 is 1.35 bits per heavy atom. The lowest BCUT2D eigenvalue weighted by Gasteiger charge is -2.08. The van der Waals surface area contributed by atoms with Crippen molar-refractivity contribution in [2.75, 3.05) is 7.11 Å². The molecular formula is C13H11BrN4OS. The number of hydrogen-bond acceptors (Lipinski definition) is 4. The van der Waals surface area contributed by atoms with Gasteiger partial charge in [0.15, 0.2) is 10.4 Å². The molecule has 2 aromatic heterocycles. The second-order valence-electron chi connectivity index (χ2n) is 4.30. The molecule has 0 saturated heterocycles. The van der Waals surface area contributed by atoms with Gasteiger partial charge in [-0.05, 0) is 52.8 Å². The van der Waals surface area contributed by atoms with Crippen LogP contribution in [0.2, 0.25) is 0 Å². The molecule has 1 aromatic carbocycles. The fourth-order valence-corrected chi connectivity index (χ4v) is 2.78. The molecule has 1 N–H and O–H groups in total. The molecule has 20 heavy (non-hydrogen) atoms. The Morgan fingerprint density at radius 3 is 2.90 bits per heavy atom. The van der Waals surface area contributed by atoms with E-state index >= 15 is 0 Å². The average molecular weight is 351 g/mol. The normalized spacial score (nSPS) is 10.9. The first-order chi connectivity index (χ1) is 9.61. The maximum atomic E-state index is 5.41. The number of ether oxygens (including phenoxy) is 1. The summed E-state index contributed by atoms with van der Waals surface area (Å²) in [6, 6.07) is 6.06. The molecular weight excluding hydrogens is 340 g/mol. The van der Waals surface area contributed by atoms with Gasteiger partial charge in [0.1, 0.15) is 11.8 Å². The summed E-state index contributed by atoms with van der Waals surface area (Å²) in [5.41, 5.74) is 3.45. The van der Waals surface area contributed by atoms with E-state index < -0.39 is 0 Å². The number of rotatable bonds is 2. The molecule has 0 aliphatic carbocycles. The van der Waals surface area contributed by atoms with Crippen LogP contribution in [-0.2, 0) is 0 Å². The summed E-state index contributed by atoms with van der Waals surface area (Å²) in [5.74, 6) is 0.476. The van der Waals surface area contributed by atoms with Gasteiger partial charge < -0.3 is 9.72 Å². The predicted molar refractivity (Wildman–Crippen MR) is 83.0 cm³/mol.